The zero-order valence-electron chi connectivity index (χ0n) is 13.4. The number of aromatic nitrogens is 3. The van der Waals surface area contributed by atoms with Crippen molar-refractivity contribution in [3.63, 3.8) is 0 Å². The first-order valence-electron chi connectivity index (χ1n) is 7.44. The number of amides is 1. The molecule has 0 aliphatic heterocycles. The van der Waals surface area contributed by atoms with Crippen molar-refractivity contribution in [1.82, 2.24) is 15.1 Å². The molecule has 7 nitrogen and oxygen atoms in total. The molecule has 0 aliphatic rings. The van der Waals surface area contributed by atoms with Crippen molar-refractivity contribution in [2.75, 3.05) is 11.1 Å². The predicted octanol–water partition coefficient (Wildman–Crippen LogP) is 3.17. The van der Waals surface area contributed by atoms with Crippen molar-refractivity contribution in [3.05, 3.63) is 58.6 Å². The van der Waals surface area contributed by atoms with Gasteiger partial charge in [0.2, 0.25) is 11.8 Å². The van der Waals surface area contributed by atoms with Gasteiger partial charge in [0, 0.05) is 6.07 Å². The molecule has 0 unspecified atom stereocenters. The molecule has 2 N–H and O–H groups in total. The zero-order valence-corrected chi connectivity index (χ0v) is 14.2. The van der Waals surface area contributed by atoms with E-state index in [4.69, 9.17) is 4.52 Å². The number of nitrogens with zero attached hydrogens (tertiary/aromatic N) is 2. The van der Waals surface area contributed by atoms with E-state index in [1.54, 1.807) is 24.3 Å². The van der Waals surface area contributed by atoms with Crippen molar-refractivity contribution in [3.8, 4) is 11.1 Å². The fourth-order valence-electron chi connectivity index (χ4n) is 2.10. The largest absolute Gasteiger partial charge is 0.433 e. The Morgan fingerprint density at radius 2 is 2.00 bits per heavy atom. The summed E-state index contributed by atoms with van der Waals surface area (Å²) in [7, 11) is 0. The maximum atomic E-state index is 12.7. The Bertz CT molecular complexity index is 1000. The van der Waals surface area contributed by atoms with Gasteiger partial charge in [-0.15, -0.1) is 0 Å². The summed E-state index contributed by atoms with van der Waals surface area (Å²) >= 11 is 0.656. The number of nitrogens with one attached hydrogen (secondary N) is 2. The van der Waals surface area contributed by atoms with Gasteiger partial charge in [0.15, 0.2) is 10.9 Å². The molecule has 140 valence electrons. The van der Waals surface area contributed by atoms with Crippen molar-refractivity contribution in [1.29, 1.82) is 0 Å². The molecule has 0 radical (unpaired) electrons. The van der Waals surface area contributed by atoms with Crippen LogP contribution in [0.2, 0.25) is 0 Å². The van der Waals surface area contributed by atoms with Gasteiger partial charge in [-0.2, -0.15) is 13.2 Å². The third kappa shape index (κ3) is 4.76. The van der Waals surface area contributed by atoms with Gasteiger partial charge in [-0.25, -0.2) is 4.98 Å². The third-order valence-corrected chi connectivity index (χ3v) is 4.13. The van der Waals surface area contributed by atoms with Crippen LogP contribution >= 0.6 is 11.8 Å². The van der Waals surface area contributed by atoms with E-state index in [0.717, 1.165) is 5.56 Å². The normalized spacial score (nSPS) is 11.4. The highest BCUT2D eigenvalue weighted by molar-refractivity contribution is 7.99. The first-order chi connectivity index (χ1) is 12.8. The van der Waals surface area contributed by atoms with E-state index < -0.39 is 23.3 Å². The lowest BCUT2D eigenvalue weighted by atomic mass is 10.1. The number of carbonyl (C=O) groups is 1. The number of alkyl halides is 3. The molecular formula is C16H11F3N4O3S. The van der Waals surface area contributed by atoms with Crippen LogP contribution in [-0.4, -0.2) is 26.8 Å². The zero-order chi connectivity index (χ0) is 19.4. The number of hydrogen-bond donors (Lipinski definition) is 2. The highest BCUT2D eigenvalue weighted by Crippen LogP contribution is 2.29. The highest BCUT2D eigenvalue weighted by Gasteiger charge is 2.33. The number of rotatable bonds is 5. The summed E-state index contributed by atoms with van der Waals surface area (Å²) in [6.45, 7) is 0. The summed E-state index contributed by atoms with van der Waals surface area (Å²) in [5, 5.41) is 5.81. The van der Waals surface area contributed by atoms with Crippen LogP contribution in [0.5, 0.6) is 0 Å². The fraction of sp³-hybridized carbons (Fsp3) is 0.125. The molecule has 2 heterocycles. The Morgan fingerprint density at radius 1 is 1.26 bits per heavy atom. The molecule has 1 aromatic carbocycles. The number of hydrogen-bond acceptors (Lipinski definition) is 6. The quantitative estimate of drug-likeness (QED) is 0.508. The molecule has 0 saturated heterocycles. The highest BCUT2D eigenvalue weighted by atomic mass is 32.2. The number of halogens is 3. The molecule has 3 aromatic rings. The second-order valence-corrected chi connectivity index (χ2v) is 6.17. The second kappa shape index (κ2) is 7.66. The van der Waals surface area contributed by atoms with Crippen LogP contribution in [0, 0.1) is 0 Å². The minimum atomic E-state index is -4.75. The number of anilines is 1. The minimum Gasteiger partial charge on any atom is -0.338 e. The van der Waals surface area contributed by atoms with Gasteiger partial charge >= 0.3 is 6.18 Å². The first kappa shape index (κ1) is 18.7. The smallest absolute Gasteiger partial charge is 0.338 e. The summed E-state index contributed by atoms with van der Waals surface area (Å²) in [5.74, 6) is -0.745. The van der Waals surface area contributed by atoms with E-state index in [1.165, 1.54) is 6.20 Å². The molecule has 2 aromatic heterocycles. The Kier molecular flexibility index (Phi) is 5.31. The SMILES string of the molecule is O=C(CSc1nc(C(F)(F)F)cc(=O)[nH]1)Nc1oncc1-c1ccccc1. The molecular weight excluding hydrogens is 385 g/mol. The van der Waals surface area contributed by atoms with E-state index in [0.29, 0.717) is 23.4 Å². The Hall–Kier alpha value is -3.08. The summed E-state index contributed by atoms with van der Waals surface area (Å²) in [4.78, 5) is 28.9. The minimum absolute atomic E-state index is 0.109. The second-order valence-electron chi connectivity index (χ2n) is 5.21. The molecule has 0 spiro atoms. The Morgan fingerprint density at radius 3 is 2.70 bits per heavy atom. The molecule has 0 bridgehead atoms. The Labute approximate surface area is 154 Å². The number of benzene rings is 1. The summed E-state index contributed by atoms with van der Waals surface area (Å²) in [6, 6.07) is 9.39. The van der Waals surface area contributed by atoms with Crippen LogP contribution in [0.25, 0.3) is 11.1 Å². The van der Waals surface area contributed by atoms with E-state index in [9.17, 15) is 22.8 Å². The van der Waals surface area contributed by atoms with Gasteiger partial charge < -0.3 is 9.51 Å². The maximum absolute atomic E-state index is 12.7. The van der Waals surface area contributed by atoms with Crippen molar-refractivity contribution in [2.24, 2.45) is 0 Å². The Balaban J connectivity index is 1.68. The van der Waals surface area contributed by atoms with Crippen molar-refractivity contribution < 1.29 is 22.5 Å². The summed E-state index contributed by atoms with van der Waals surface area (Å²) < 4.78 is 43.1. The van der Waals surface area contributed by atoms with Gasteiger partial charge in [-0.1, -0.05) is 47.3 Å². The number of aromatic amines is 1. The monoisotopic (exact) mass is 396 g/mol. The molecule has 1 amide bonds. The predicted molar refractivity (Wildman–Crippen MR) is 91.2 cm³/mol. The summed E-state index contributed by atoms with van der Waals surface area (Å²) in [6.07, 6.45) is -3.32. The fourth-order valence-corrected chi connectivity index (χ4v) is 2.77. The van der Waals surface area contributed by atoms with Crippen LogP contribution in [0.3, 0.4) is 0 Å². The van der Waals surface area contributed by atoms with E-state index in [1.807, 2.05) is 6.07 Å². The molecule has 0 saturated carbocycles. The van der Waals surface area contributed by atoms with E-state index >= 15 is 0 Å². The standard InChI is InChI=1S/C16H11F3N4O3S/c17-16(18,19)11-6-12(24)23-15(21-11)27-8-13(25)22-14-10(7-20-26-14)9-4-2-1-3-5-9/h1-7H,8H2,(H,22,25)(H,21,23,24). The lowest BCUT2D eigenvalue weighted by molar-refractivity contribution is -0.141. The first-order valence-corrected chi connectivity index (χ1v) is 8.43. The van der Waals surface area contributed by atoms with Crippen molar-refractivity contribution >= 4 is 23.6 Å². The van der Waals surface area contributed by atoms with Crippen LogP contribution in [-0.2, 0) is 11.0 Å². The van der Waals surface area contributed by atoms with Crippen molar-refractivity contribution in [2.45, 2.75) is 11.3 Å². The molecule has 0 atom stereocenters. The van der Waals surface area contributed by atoms with Crippen LogP contribution in [0.15, 0.2) is 57.1 Å². The molecule has 0 aliphatic carbocycles. The number of H-pyrrole nitrogens is 1. The summed E-state index contributed by atoms with van der Waals surface area (Å²) in [5.41, 5.74) is -0.956. The van der Waals surface area contributed by atoms with E-state index in [2.05, 4.69) is 20.4 Å². The molecule has 3 rings (SSSR count). The number of thioether (sulfide) groups is 1. The van der Waals surface area contributed by atoms with Crippen LogP contribution < -0.4 is 10.9 Å². The molecule has 11 heteroatoms. The average Bonchev–Trinajstić information content (AvgIpc) is 3.07. The van der Waals surface area contributed by atoms with Gasteiger partial charge in [-0.3, -0.25) is 14.9 Å². The lowest BCUT2D eigenvalue weighted by Crippen LogP contribution is -2.18. The van der Waals surface area contributed by atoms with Gasteiger partial charge in [0.05, 0.1) is 17.5 Å². The number of carbonyl (C=O) groups excluding carboxylic acids is 1. The lowest BCUT2D eigenvalue weighted by Gasteiger charge is -2.07. The van der Waals surface area contributed by atoms with Crippen LogP contribution in [0.1, 0.15) is 5.69 Å². The maximum Gasteiger partial charge on any atom is 0.433 e. The van der Waals surface area contributed by atoms with Gasteiger partial charge in [-0.05, 0) is 5.56 Å². The average molecular weight is 396 g/mol. The molecule has 0 fully saturated rings. The van der Waals surface area contributed by atoms with Gasteiger partial charge in [0.25, 0.3) is 5.56 Å². The van der Waals surface area contributed by atoms with Crippen LogP contribution in [0.4, 0.5) is 19.1 Å². The van der Waals surface area contributed by atoms with Gasteiger partial charge in [0.1, 0.15) is 0 Å². The third-order valence-electron chi connectivity index (χ3n) is 3.26. The molecule has 27 heavy (non-hydrogen) atoms. The van der Waals surface area contributed by atoms with E-state index in [-0.39, 0.29) is 16.8 Å². The topological polar surface area (TPSA) is 101 Å².